The molecule has 2 aromatic rings. The minimum absolute atomic E-state index is 0.0430. The molecule has 0 bridgehead atoms. The third-order valence-corrected chi connectivity index (χ3v) is 1.76. The van der Waals surface area contributed by atoms with Gasteiger partial charge in [0.2, 0.25) is 0 Å². The van der Waals surface area contributed by atoms with Crippen molar-refractivity contribution in [3.8, 4) is 0 Å². The second-order valence-corrected chi connectivity index (χ2v) is 2.67. The van der Waals surface area contributed by atoms with Gasteiger partial charge in [-0.25, -0.2) is 0 Å². The molecule has 0 amide bonds. The molecule has 4 heteroatoms. The SMILES string of the molecule is CC(=O)c1cncc2nccnc12. The van der Waals surface area contributed by atoms with Gasteiger partial charge in [-0.1, -0.05) is 0 Å². The normalized spacial score (nSPS) is 10.2. The van der Waals surface area contributed by atoms with Gasteiger partial charge in [0, 0.05) is 18.6 Å². The van der Waals surface area contributed by atoms with Crippen molar-refractivity contribution in [2.75, 3.05) is 0 Å². The molecule has 2 aromatic heterocycles. The molecule has 0 unspecified atom stereocenters. The summed E-state index contributed by atoms with van der Waals surface area (Å²) < 4.78 is 0. The molecule has 0 fully saturated rings. The number of carbonyl (C=O) groups is 1. The fraction of sp³-hybridized carbons (Fsp3) is 0.111. The summed E-state index contributed by atoms with van der Waals surface area (Å²) in [5.74, 6) is -0.0430. The van der Waals surface area contributed by atoms with E-state index in [1.165, 1.54) is 13.1 Å². The van der Waals surface area contributed by atoms with Gasteiger partial charge in [0.05, 0.1) is 11.8 Å². The first kappa shape index (κ1) is 7.79. The number of nitrogens with zero attached hydrogens (tertiary/aromatic N) is 3. The fourth-order valence-electron chi connectivity index (χ4n) is 1.15. The van der Waals surface area contributed by atoms with Crippen molar-refractivity contribution in [3.63, 3.8) is 0 Å². The van der Waals surface area contributed by atoms with Gasteiger partial charge in [-0.2, -0.15) is 0 Å². The van der Waals surface area contributed by atoms with Crippen LogP contribution >= 0.6 is 0 Å². The summed E-state index contributed by atoms with van der Waals surface area (Å²) in [7, 11) is 0. The van der Waals surface area contributed by atoms with Crippen molar-refractivity contribution in [1.29, 1.82) is 0 Å². The maximum absolute atomic E-state index is 11.2. The van der Waals surface area contributed by atoms with E-state index in [4.69, 9.17) is 0 Å². The molecule has 0 saturated carbocycles. The Morgan fingerprint density at radius 1 is 1.23 bits per heavy atom. The van der Waals surface area contributed by atoms with Crippen molar-refractivity contribution < 1.29 is 4.79 Å². The summed E-state index contributed by atoms with van der Waals surface area (Å²) >= 11 is 0. The summed E-state index contributed by atoms with van der Waals surface area (Å²) in [5, 5.41) is 0. The first-order valence-corrected chi connectivity index (χ1v) is 3.84. The number of hydrogen-bond donors (Lipinski definition) is 0. The van der Waals surface area contributed by atoms with E-state index in [0.717, 1.165) is 0 Å². The van der Waals surface area contributed by atoms with Crippen LogP contribution < -0.4 is 0 Å². The molecule has 0 aliphatic heterocycles. The highest BCUT2D eigenvalue weighted by molar-refractivity contribution is 6.03. The van der Waals surface area contributed by atoms with Crippen LogP contribution in [0.1, 0.15) is 17.3 Å². The highest BCUT2D eigenvalue weighted by Gasteiger charge is 2.06. The molecule has 0 atom stereocenters. The summed E-state index contributed by atoms with van der Waals surface area (Å²) in [5.41, 5.74) is 1.78. The predicted octanol–water partition coefficient (Wildman–Crippen LogP) is 1.23. The molecule has 2 rings (SSSR count). The lowest BCUT2D eigenvalue weighted by Crippen LogP contribution is -1.97. The predicted molar refractivity (Wildman–Crippen MR) is 47.3 cm³/mol. The molecular weight excluding hydrogens is 166 g/mol. The van der Waals surface area contributed by atoms with Gasteiger partial charge in [0.1, 0.15) is 11.0 Å². The zero-order valence-corrected chi connectivity index (χ0v) is 7.06. The quantitative estimate of drug-likeness (QED) is 0.608. The van der Waals surface area contributed by atoms with Crippen LogP contribution in [0.4, 0.5) is 0 Å². The van der Waals surface area contributed by atoms with Gasteiger partial charge in [-0.15, -0.1) is 0 Å². The maximum atomic E-state index is 11.2. The van der Waals surface area contributed by atoms with E-state index in [1.807, 2.05) is 0 Å². The number of ketones is 1. The van der Waals surface area contributed by atoms with Crippen molar-refractivity contribution in [1.82, 2.24) is 15.0 Å². The standard InChI is InChI=1S/C9H7N3O/c1-6(13)7-4-10-5-8-9(7)12-3-2-11-8/h2-5H,1H3. The molecule has 0 N–H and O–H groups in total. The first-order chi connectivity index (χ1) is 6.29. The lowest BCUT2D eigenvalue weighted by molar-refractivity contribution is 0.101. The number of fused-ring (bicyclic) bond motifs is 1. The Bertz CT molecular complexity index is 462. The van der Waals surface area contributed by atoms with Crippen LogP contribution in [0, 0.1) is 0 Å². The first-order valence-electron chi connectivity index (χ1n) is 3.84. The number of rotatable bonds is 1. The van der Waals surface area contributed by atoms with Crippen molar-refractivity contribution in [2.45, 2.75) is 6.92 Å². The van der Waals surface area contributed by atoms with Gasteiger partial charge < -0.3 is 0 Å². The van der Waals surface area contributed by atoms with Crippen LogP contribution in [0.15, 0.2) is 24.8 Å². The minimum Gasteiger partial charge on any atom is -0.294 e. The molecule has 0 saturated heterocycles. The molecule has 2 heterocycles. The lowest BCUT2D eigenvalue weighted by atomic mass is 10.2. The van der Waals surface area contributed by atoms with Gasteiger partial charge in [0.25, 0.3) is 0 Å². The second kappa shape index (κ2) is 2.90. The topological polar surface area (TPSA) is 55.7 Å². The zero-order chi connectivity index (χ0) is 9.26. The van der Waals surface area contributed by atoms with E-state index < -0.39 is 0 Å². The average Bonchev–Trinajstić information content (AvgIpc) is 2.17. The zero-order valence-electron chi connectivity index (χ0n) is 7.06. The van der Waals surface area contributed by atoms with Crippen LogP contribution in [0.2, 0.25) is 0 Å². The van der Waals surface area contributed by atoms with Crippen molar-refractivity contribution >= 4 is 16.8 Å². The van der Waals surface area contributed by atoms with Gasteiger partial charge in [-0.05, 0) is 6.92 Å². The Balaban J connectivity index is 2.83. The van der Waals surface area contributed by atoms with Crippen LogP contribution in [-0.4, -0.2) is 20.7 Å². The Morgan fingerprint density at radius 3 is 2.77 bits per heavy atom. The van der Waals surface area contributed by atoms with E-state index in [1.54, 1.807) is 18.6 Å². The number of carbonyl (C=O) groups excluding carboxylic acids is 1. The van der Waals surface area contributed by atoms with E-state index in [9.17, 15) is 4.79 Å². The molecule has 0 spiro atoms. The van der Waals surface area contributed by atoms with E-state index in [2.05, 4.69) is 15.0 Å². The third kappa shape index (κ3) is 1.26. The van der Waals surface area contributed by atoms with Crippen LogP contribution in [0.25, 0.3) is 11.0 Å². The summed E-state index contributed by atoms with van der Waals surface area (Å²) in [4.78, 5) is 23.2. The number of aromatic nitrogens is 3. The lowest BCUT2D eigenvalue weighted by Gasteiger charge is -1.98. The van der Waals surface area contributed by atoms with Crippen LogP contribution in [0.3, 0.4) is 0 Å². The average molecular weight is 173 g/mol. The molecule has 64 valence electrons. The molecule has 4 nitrogen and oxygen atoms in total. The Hall–Kier alpha value is -1.84. The minimum atomic E-state index is -0.0430. The summed E-state index contributed by atoms with van der Waals surface area (Å²) in [6.45, 7) is 1.49. The summed E-state index contributed by atoms with van der Waals surface area (Å²) in [6.07, 6.45) is 6.25. The van der Waals surface area contributed by atoms with Crippen LogP contribution in [-0.2, 0) is 0 Å². The third-order valence-electron chi connectivity index (χ3n) is 1.76. The Morgan fingerprint density at radius 2 is 2.00 bits per heavy atom. The number of hydrogen-bond acceptors (Lipinski definition) is 4. The highest BCUT2D eigenvalue weighted by atomic mass is 16.1. The molecule has 0 aliphatic rings. The molecule has 0 aliphatic carbocycles. The van der Waals surface area contributed by atoms with Crippen molar-refractivity contribution in [2.24, 2.45) is 0 Å². The molecule has 0 radical (unpaired) electrons. The number of pyridine rings is 1. The number of Topliss-reactive ketones (excluding diaryl/α,β-unsaturated/α-hetero) is 1. The Kier molecular flexibility index (Phi) is 1.73. The fourth-order valence-corrected chi connectivity index (χ4v) is 1.15. The molecular formula is C9H7N3O. The van der Waals surface area contributed by atoms with E-state index >= 15 is 0 Å². The summed E-state index contributed by atoms with van der Waals surface area (Å²) in [6, 6.07) is 0. The smallest absolute Gasteiger partial charge is 0.163 e. The van der Waals surface area contributed by atoms with Gasteiger partial charge in [-0.3, -0.25) is 19.7 Å². The second-order valence-electron chi connectivity index (χ2n) is 2.67. The largest absolute Gasteiger partial charge is 0.294 e. The highest BCUT2D eigenvalue weighted by Crippen LogP contribution is 2.11. The van der Waals surface area contributed by atoms with Crippen LogP contribution in [0.5, 0.6) is 0 Å². The van der Waals surface area contributed by atoms with Crippen molar-refractivity contribution in [3.05, 3.63) is 30.4 Å². The molecule has 13 heavy (non-hydrogen) atoms. The van der Waals surface area contributed by atoms with E-state index in [0.29, 0.717) is 16.6 Å². The molecule has 0 aromatic carbocycles. The van der Waals surface area contributed by atoms with Gasteiger partial charge >= 0.3 is 0 Å². The monoisotopic (exact) mass is 173 g/mol. The Labute approximate surface area is 74.7 Å². The van der Waals surface area contributed by atoms with Gasteiger partial charge in [0.15, 0.2) is 5.78 Å². The maximum Gasteiger partial charge on any atom is 0.163 e. The van der Waals surface area contributed by atoms with E-state index in [-0.39, 0.29) is 5.78 Å².